The molecule has 1 N–H and O–H groups in total. The minimum absolute atomic E-state index is 0.265. The van der Waals surface area contributed by atoms with Gasteiger partial charge in [-0.3, -0.25) is 4.90 Å². The molecule has 0 bridgehead atoms. The lowest BCUT2D eigenvalue weighted by Crippen LogP contribution is -2.46. The van der Waals surface area contributed by atoms with E-state index in [-0.39, 0.29) is 6.04 Å². The number of hydrogen-bond donors (Lipinski definition) is 1. The van der Waals surface area contributed by atoms with Crippen LogP contribution in [0, 0.1) is 0 Å². The molecule has 0 spiro atoms. The number of piperazine rings is 1. The minimum Gasteiger partial charge on any atom is -0.314 e. The molecular weight excluding hydrogens is 240 g/mol. The third-order valence-corrected chi connectivity index (χ3v) is 3.37. The van der Waals surface area contributed by atoms with Gasteiger partial charge in [0, 0.05) is 37.3 Å². The van der Waals surface area contributed by atoms with Gasteiger partial charge in [-0.15, -0.1) is 5.10 Å². The zero-order chi connectivity index (χ0) is 15.6. The van der Waals surface area contributed by atoms with Gasteiger partial charge < -0.3 is 5.32 Å². The first-order valence-electron chi connectivity index (χ1n) is 7.86. The van der Waals surface area contributed by atoms with Crippen molar-refractivity contribution < 1.29 is 4.11 Å². The molecule has 1 aromatic heterocycles. The first-order valence-corrected chi connectivity index (χ1v) is 6.36. The second-order valence-electron chi connectivity index (χ2n) is 4.55. The number of tetrazole rings is 1. The SMILES string of the molecule is [2H]C([2H])([2H])n1nnnc1C(c1ccccc1)N1CCNCC1. The number of hydrogen-bond acceptors (Lipinski definition) is 5. The Morgan fingerprint density at radius 2 is 2.05 bits per heavy atom. The number of rotatable bonds is 3. The highest BCUT2D eigenvalue weighted by molar-refractivity contribution is 5.24. The molecule has 2 aromatic rings. The summed E-state index contributed by atoms with van der Waals surface area (Å²) in [7, 11) is 0. The van der Waals surface area contributed by atoms with Crippen molar-refractivity contribution in [2.45, 2.75) is 6.04 Å². The van der Waals surface area contributed by atoms with Gasteiger partial charge in [-0.1, -0.05) is 30.3 Å². The summed E-state index contributed by atoms with van der Waals surface area (Å²) in [5.74, 6) is 0.355. The molecule has 0 amide bonds. The van der Waals surface area contributed by atoms with Gasteiger partial charge in [0.25, 0.3) is 0 Å². The molecule has 19 heavy (non-hydrogen) atoms. The van der Waals surface area contributed by atoms with E-state index >= 15 is 0 Å². The normalized spacial score (nSPS) is 21.4. The fourth-order valence-electron chi connectivity index (χ4n) is 2.46. The fourth-order valence-corrected chi connectivity index (χ4v) is 2.46. The molecular formula is C13H18N6. The summed E-state index contributed by atoms with van der Waals surface area (Å²) in [6.07, 6.45) is 0. The van der Waals surface area contributed by atoms with Gasteiger partial charge >= 0.3 is 0 Å². The highest BCUT2D eigenvalue weighted by Crippen LogP contribution is 2.26. The van der Waals surface area contributed by atoms with Crippen molar-refractivity contribution in [1.29, 1.82) is 0 Å². The number of aryl methyl sites for hydroxylation is 1. The van der Waals surface area contributed by atoms with Crippen molar-refractivity contribution >= 4 is 0 Å². The quantitative estimate of drug-likeness (QED) is 0.855. The van der Waals surface area contributed by atoms with Gasteiger partial charge in [0.15, 0.2) is 5.82 Å². The van der Waals surface area contributed by atoms with Gasteiger partial charge in [-0.2, -0.15) is 0 Å². The summed E-state index contributed by atoms with van der Waals surface area (Å²) in [5, 5.41) is 14.6. The average Bonchev–Trinajstić information content (AvgIpc) is 2.99. The van der Waals surface area contributed by atoms with Gasteiger partial charge in [0.05, 0.1) is 6.04 Å². The lowest BCUT2D eigenvalue weighted by atomic mass is 10.0. The summed E-state index contributed by atoms with van der Waals surface area (Å²) in [4.78, 5) is 2.21. The average molecular weight is 261 g/mol. The molecule has 1 aromatic carbocycles. The van der Waals surface area contributed by atoms with Crippen molar-refractivity contribution in [2.75, 3.05) is 26.2 Å². The predicted molar refractivity (Wildman–Crippen MR) is 71.5 cm³/mol. The van der Waals surface area contributed by atoms with Crippen LogP contribution in [0.15, 0.2) is 30.3 Å². The third-order valence-electron chi connectivity index (χ3n) is 3.37. The zero-order valence-corrected chi connectivity index (χ0v) is 10.5. The summed E-state index contributed by atoms with van der Waals surface area (Å²) < 4.78 is 23.8. The molecule has 6 heteroatoms. The first kappa shape index (κ1) is 9.17. The highest BCUT2D eigenvalue weighted by atomic mass is 15.5. The van der Waals surface area contributed by atoms with E-state index in [1.54, 1.807) is 0 Å². The van der Waals surface area contributed by atoms with E-state index < -0.39 is 6.98 Å². The number of nitrogens with one attached hydrogen (secondary N) is 1. The van der Waals surface area contributed by atoms with Crippen molar-refractivity contribution in [3.05, 3.63) is 41.7 Å². The van der Waals surface area contributed by atoms with Crippen molar-refractivity contribution in [1.82, 2.24) is 30.4 Å². The smallest absolute Gasteiger partial charge is 0.172 e. The number of nitrogens with zero attached hydrogens (tertiary/aromatic N) is 5. The summed E-state index contributed by atoms with van der Waals surface area (Å²) >= 11 is 0. The van der Waals surface area contributed by atoms with Crippen LogP contribution in [0.25, 0.3) is 0 Å². The van der Waals surface area contributed by atoms with E-state index in [0.717, 1.165) is 36.4 Å². The third kappa shape index (κ3) is 2.50. The lowest BCUT2D eigenvalue weighted by Gasteiger charge is -2.34. The maximum atomic E-state index is 7.62. The van der Waals surface area contributed by atoms with Gasteiger partial charge in [0.2, 0.25) is 0 Å². The van der Waals surface area contributed by atoms with E-state index in [1.807, 2.05) is 30.3 Å². The second kappa shape index (κ2) is 5.46. The van der Waals surface area contributed by atoms with Crippen LogP contribution in [0.2, 0.25) is 0 Å². The second-order valence-corrected chi connectivity index (χ2v) is 4.55. The lowest BCUT2D eigenvalue weighted by molar-refractivity contribution is 0.189. The molecule has 3 rings (SSSR count). The molecule has 1 saturated heterocycles. The topological polar surface area (TPSA) is 58.9 Å². The van der Waals surface area contributed by atoms with Crippen LogP contribution in [0.1, 0.15) is 21.5 Å². The van der Waals surface area contributed by atoms with Crippen LogP contribution in [0.5, 0.6) is 0 Å². The van der Waals surface area contributed by atoms with Crippen LogP contribution < -0.4 is 5.32 Å². The van der Waals surface area contributed by atoms with Crippen LogP contribution in [0.3, 0.4) is 0 Å². The Labute approximate surface area is 116 Å². The van der Waals surface area contributed by atoms with Crippen LogP contribution in [0.4, 0.5) is 0 Å². The Hall–Kier alpha value is -1.79. The van der Waals surface area contributed by atoms with Gasteiger partial charge in [0.1, 0.15) is 0 Å². The number of aromatic nitrogens is 4. The van der Waals surface area contributed by atoms with Crippen LogP contribution in [-0.4, -0.2) is 51.3 Å². The van der Waals surface area contributed by atoms with Gasteiger partial charge in [-0.25, -0.2) is 4.68 Å². The Bertz CT molecular complexity index is 606. The first-order chi connectivity index (χ1) is 10.6. The van der Waals surface area contributed by atoms with E-state index in [1.165, 1.54) is 0 Å². The largest absolute Gasteiger partial charge is 0.314 e. The van der Waals surface area contributed by atoms with Crippen molar-refractivity contribution in [3.8, 4) is 0 Å². The van der Waals surface area contributed by atoms with E-state index in [4.69, 9.17) is 4.11 Å². The van der Waals surface area contributed by atoms with Crippen LogP contribution >= 0.6 is 0 Å². The molecule has 1 unspecified atom stereocenters. The zero-order valence-electron chi connectivity index (χ0n) is 13.5. The van der Waals surface area contributed by atoms with E-state index in [2.05, 4.69) is 25.7 Å². The molecule has 6 nitrogen and oxygen atoms in total. The minimum atomic E-state index is -2.39. The Morgan fingerprint density at radius 3 is 2.79 bits per heavy atom. The molecule has 1 atom stereocenters. The fraction of sp³-hybridized carbons (Fsp3) is 0.462. The van der Waals surface area contributed by atoms with Gasteiger partial charge in [-0.05, 0) is 16.0 Å². The molecule has 100 valence electrons. The molecule has 1 aliphatic heterocycles. The maximum Gasteiger partial charge on any atom is 0.172 e. The Kier molecular flexibility index (Phi) is 2.63. The van der Waals surface area contributed by atoms with Crippen LogP contribution in [-0.2, 0) is 6.98 Å². The Morgan fingerprint density at radius 1 is 1.26 bits per heavy atom. The molecule has 0 aliphatic carbocycles. The number of benzene rings is 1. The molecule has 1 aliphatic rings. The monoisotopic (exact) mass is 261 g/mol. The van der Waals surface area contributed by atoms with Crippen molar-refractivity contribution in [2.24, 2.45) is 6.98 Å². The van der Waals surface area contributed by atoms with Crippen molar-refractivity contribution in [3.63, 3.8) is 0 Å². The molecule has 2 heterocycles. The molecule has 0 radical (unpaired) electrons. The molecule has 1 fully saturated rings. The Balaban J connectivity index is 2.04. The highest BCUT2D eigenvalue weighted by Gasteiger charge is 2.27. The predicted octanol–water partition coefficient (Wildman–Crippen LogP) is 0.205. The van der Waals surface area contributed by atoms with E-state index in [0.29, 0.717) is 5.82 Å². The summed E-state index contributed by atoms with van der Waals surface area (Å²) in [5.41, 5.74) is 0.990. The standard InChI is InChI=1S/C13H18N6/c1-18-13(15-16-17-18)12(11-5-3-2-4-6-11)19-9-7-14-8-10-19/h2-6,12,14H,7-10H2,1H3/i1D3. The maximum absolute atomic E-state index is 7.62. The van der Waals surface area contributed by atoms with E-state index in [9.17, 15) is 0 Å². The molecule has 0 saturated carbocycles. The summed E-state index contributed by atoms with van der Waals surface area (Å²) in [6, 6.07) is 9.50. The summed E-state index contributed by atoms with van der Waals surface area (Å²) in [6.45, 7) is 0.956.